The van der Waals surface area contributed by atoms with E-state index in [0.717, 1.165) is 16.9 Å². The van der Waals surface area contributed by atoms with E-state index in [2.05, 4.69) is 14.7 Å². The molecule has 0 fully saturated rings. The summed E-state index contributed by atoms with van der Waals surface area (Å²) >= 11 is 2.04. The second-order valence-electron chi connectivity index (χ2n) is 4.55. The van der Waals surface area contributed by atoms with Crippen molar-refractivity contribution in [1.29, 1.82) is 0 Å². The fraction of sp³-hybridized carbons (Fsp3) is 0.231. The summed E-state index contributed by atoms with van der Waals surface area (Å²) in [5, 5.41) is 0. The van der Waals surface area contributed by atoms with Crippen LogP contribution < -0.4 is 4.74 Å². The van der Waals surface area contributed by atoms with Crippen molar-refractivity contribution < 1.29 is 17.9 Å². The smallest absolute Gasteiger partial charge is 0.406 e. The molecule has 3 rings (SSSR count). The van der Waals surface area contributed by atoms with Gasteiger partial charge in [0.05, 0.1) is 27.9 Å². The van der Waals surface area contributed by atoms with E-state index in [1.165, 1.54) is 18.2 Å². The number of nitrogens with zero attached hydrogens (tertiary/aromatic N) is 3. The van der Waals surface area contributed by atoms with Crippen LogP contribution in [0.15, 0.2) is 18.2 Å². The molecule has 3 aromatic rings. The van der Waals surface area contributed by atoms with Gasteiger partial charge in [0.2, 0.25) is 0 Å². The minimum atomic E-state index is -4.72. The molecule has 0 aliphatic rings. The Hall–Kier alpha value is -1.58. The second kappa shape index (κ2) is 4.72. The Labute approximate surface area is 131 Å². The zero-order chi connectivity index (χ0) is 15.4. The van der Waals surface area contributed by atoms with Gasteiger partial charge in [0, 0.05) is 28.7 Å². The highest BCUT2D eigenvalue weighted by Gasteiger charge is 2.31. The predicted octanol–water partition coefficient (Wildman–Crippen LogP) is 4.00. The average molecular weight is 407 g/mol. The first-order valence-corrected chi connectivity index (χ1v) is 7.05. The molecule has 8 heteroatoms. The summed E-state index contributed by atoms with van der Waals surface area (Å²) < 4.78 is 43.5. The fourth-order valence-corrected chi connectivity index (χ4v) is 3.21. The SMILES string of the molecule is Cc1nc(I)n2c1c(C)nc1ccc(OC(F)(F)F)cc12. The number of imidazole rings is 1. The van der Waals surface area contributed by atoms with Crippen LogP contribution >= 0.6 is 22.6 Å². The summed E-state index contributed by atoms with van der Waals surface area (Å²) in [5.74, 6) is -0.274. The monoisotopic (exact) mass is 407 g/mol. The third-order valence-electron chi connectivity index (χ3n) is 3.06. The Morgan fingerprint density at radius 2 is 1.81 bits per heavy atom. The maximum Gasteiger partial charge on any atom is 0.573 e. The van der Waals surface area contributed by atoms with Gasteiger partial charge < -0.3 is 4.74 Å². The fourth-order valence-electron chi connectivity index (χ4n) is 2.35. The number of alkyl halides is 3. The molecular weight excluding hydrogens is 398 g/mol. The first-order valence-electron chi connectivity index (χ1n) is 5.97. The van der Waals surface area contributed by atoms with Gasteiger partial charge in [-0.25, -0.2) is 9.97 Å². The largest absolute Gasteiger partial charge is 0.573 e. The van der Waals surface area contributed by atoms with Crippen molar-refractivity contribution >= 4 is 39.1 Å². The minimum Gasteiger partial charge on any atom is -0.406 e. The van der Waals surface area contributed by atoms with E-state index < -0.39 is 6.36 Å². The maximum absolute atomic E-state index is 12.3. The van der Waals surface area contributed by atoms with Crippen LogP contribution in [0.4, 0.5) is 13.2 Å². The normalized spacial score (nSPS) is 12.3. The number of halogens is 4. The molecule has 2 aromatic heterocycles. The number of rotatable bonds is 1. The summed E-state index contributed by atoms with van der Waals surface area (Å²) in [7, 11) is 0. The van der Waals surface area contributed by atoms with Gasteiger partial charge in [-0.15, -0.1) is 13.2 Å². The number of hydrogen-bond acceptors (Lipinski definition) is 3. The number of hydrogen-bond donors (Lipinski definition) is 0. The zero-order valence-electron chi connectivity index (χ0n) is 11.0. The van der Waals surface area contributed by atoms with Crippen LogP contribution in [-0.2, 0) is 0 Å². The van der Waals surface area contributed by atoms with E-state index in [1.807, 2.05) is 36.4 Å². The lowest BCUT2D eigenvalue weighted by molar-refractivity contribution is -0.274. The Morgan fingerprint density at radius 1 is 1.14 bits per heavy atom. The molecule has 4 nitrogen and oxygen atoms in total. The van der Waals surface area contributed by atoms with Crippen LogP contribution in [-0.4, -0.2) is 20.7 Å². The third-order valence-corrected chi connectivity index (χ3v) is 3.79. The van der Waals surface area contributed by atoms with Crippen molar-refractivity contribution in [3.63, 3.8) is 0 Å². The number of fused-ring (bicyclic) bond motifs is 3. The topological polar surface area (TPSA) is 39.4 Å². The first kappa shape index (κ1) is 14.4. The van der Waals surface area contributed by atoms with Crippen LogP contribution in [0.1, 0.15) is 11.4 Å². The molecule has 0 aliphatic heterocycles. The van der Waals surface area contributed by atoms with Crippen molar-refractivity contribution in [2.75, 3.05) is 0 Å². The molecule has 0 saturated carbocycles. The molecular formula is C13H9F3IN3O. The Kier molecular flexibility index (Phi) is 3.23. The van der Waals surface area contributed by atoms with Crippen molar-refractivity contribution in [2.24, 2.45) is 0 Å². The number of benzene rings is 1. The van der Waals surface area contributed by atoms with Gasteiger partial charge in [0.15, 0.2) is 3.83 Å². The molecule has 110 valence electrons. The standard InChI is InChI=1S/C13H9F3IN3O/c1-6-11-7(2)19-12(17)20(11)10-5-8(21-13(14,15)16)3-4-9(10)18-6/h3-5H,1-2H3. The molecule has 0 amide bonds. The molecule has 0 radical (unpaired) electrons. The average Bonchev–Trinajstić information content (AvgIpc) is 2.65. The van der Waals surface area contributed by atoms with Crippen LogP contribution in [0.3, 0.4) is 0 Å². The zero-order valence-corrected chi connectivity index (χ0v) is 13.2. The van der Waals surface area contributed by atoms with Crippen molar-refractivity contribution in [1.82, 2.24) is 14.4 Å². The van der Waals surface area contributed by atoms with E-state index in [0.29, 0.717) is 14.9 Å². The van der Waals surface area contributed by atoms with Crippen molar-refractivity contribution in [3.05, 3.63) is 33.4 Å². The molecule has 0 saturated heterocycles. The summed E-state index contributed by atoms with van der Waals surface area (Å²) in [6.07, 6.45) is -4.72. The second-order valence-corrected chi connectivity index (χ2v) is 5.51. The van der Waals surface area contributed by atoms with Gasteiger partial charge in [-0.05, 0) is 26.0 Å². The first-order chi connectivity index (χ1) is 9.76. The summed E-state index contributed by atoms with van der Waals surface area (Å²) in [6.45, 7) is 3.69. The molecule has 0 bridgehead atoms. The summed E-state index contributed by atoms with van der Waals surface area (Å²) in [6, 6.07) is 4.09. The van der Waals surface area contributed by atoms with Gasteiger partial charge >= 0.3 is 6.36 Å². The van der Waals surface area contributed by atoms with Crippen LogP contribution in [0.2, 0.25) is 0 Å². The van der Waals surface area contributed by atoms with Gasteiger partial charge in [-0.1, -0.05) is 0 Å². The lowest BCUT2D eigenvalue weighted by Crippen LogP contribution is -2.17. The molecule has 0 N–H and O–H groups in total. The lowest BCUT2D eigenvalue weighted by Gasteiger charge is -2.11. The molecule has 0 aliphatic carbocycles. The number of aromatic nitrogens is 3. The Balaban J connectivity index is 2.33. The molecule has 0 atom stereocenters. The third kappa shape index (κ3) is 2.52. The Bertz CT molecular complexity index is 857. The molecule has 0 unspecified atom stereocenters. The molecule has 0 spiro atoms. The number of aryl methyl sites for hydroxylation is 2. The van der Waals surface area contributed by atoms with Crippen molar-refractivity contribution in [3.8, 4) is 5.75 Å². The van der Waals surface area contributed by atoms with Crippen LogP contribution in [0, 0.1) is 17.7 Å². The number of ether oxygens (including phenoxy) is 1. The summed E-state index contributed by atoms with van der Waals surface area (Å²) in [5.41, 5.74) is 3.48. The Morgan fingerprint density at radius 3 is 2.48 bits per heavy atom. The summed E-state index contributed by atoms with van der Waals surface area (Å²) in [4.78, 5) is 8.77. The predicted molar refractivity (Wildman–Crippen MR) is 79.4 cm³/mol. The van der Waals surface area contributed by atoms with Gasteiger partial charge in [-0.3, -0.25) is 4.40 Å². The van der Waals surface area contributed by atoms with Crippen LogP contribution in [0.25, 0.3) is 16.6 Å². The highest BCUT2D eigenvalue weighted by atomic mass is 127. The van der Waals surface area contributed by atoms with Gasteiger partial charge in [-0.2, -0.15) is 0 Å². The molecule has 2 heterocycles. The quantitative estimate of drug-likeness (QED) is 0.573. The highest BCUT2D eigenvalue weighted by molar-refractivity contribution is 14.1. The van der Waals surface area contributed by atoms with E-state index >= 15 is 0 Å². The van der Waals surface area contributed by atoms with Crippen LogP contribution in [0.5, 0.6) is 5.75 Å². The highest BCUT2D eigenvalue weighted by Crippen LogP contribution is 2.29. The van der Waals surface area contributed by atoms with Gasteiger partial charge in [0.25, 0.3) is 0 Å². The van der Waals surface area contributed by atoms with E-state index in [4.69, 9.17) is 0 Å². The molecule has 1 aromatic carbocycles. The van der Waals surface area contributed by atoms with E-state index in [-0.39, 0.29) is 5.75 Å². The maximum atomic E-state index is 12.3. The lowest BCUT2D eigenvalue weighted by atomic mass is 10.2. The minimum absolute atomic E-state index is 0.274. The van der Waals surface area contributed by atoms with E-state index in [9.17, 15) is 13.2 Å². The van der Waals surface area contributed by atoms with Crippen molar-refractivity contribution in [2.45, 2.75) is 20.2 Å². The van der Waals surface area contributed by atoms with E-state index in [1.54, 1.807) is 4.40 Å². The van der Waals surface area contributed by atoms with Gasteiger partial charge in [0.1, 0.15) is 5.75 Å². The molecule has 21 heavy (non-hydrogen) atoms.